The number of furan rings is 1. The Morgan fingerprint density at radius 3 is 1.36 bits per heavy atom. The van der Waals surface area contributed by atoms with Crippen molar-refractivity contribution in [3.05, 3.63) is 243 Å². The smallest absolute Gasteiger partial charge is 0.137 e. The van der Waals surface area contributed by atoms with E-state index in [1.165, 1.54) is 11.1 Å². The molecule has 10 aromatic carbocycles. The molecule has 1 aromatic heterocycles. The molecule has 3 nitrogen and oxygen atoms in total. The predicted molar refractivity (Wildman–Crippen MR) is 257 cm³/mol. The number of benzene rings is 10. The Bertz CT molecular complexity index is 3270. The van der Waals surface area contributed by atoms with Gasteiger partial charge in [0.15, 0.2) is 0 Å². The van der Waals surface area contributed by atoms with Crippen LogP contribution in [0.4, 0.5) is 34.1 Å². The van der Waals surface area contributed by atoms with Gasteiger partial charge in [-0.1, -0.05) is 176 Å². The van der Waals surface area contributed by atoms with Gasteiger partial charge in [-0.25, -0.2) is 0 Å². The first kappa shape index (κ1) is 36.0. The summed E-state index contributed by atoms with van der Waals surface area (Å²) < 4.78 is 6.86. The Kier molecular flexibility index (Phi) is 9.18. The second kappa shape index (κ2) is 15.6. The predicted octanol–water partition coefficient (Wildman–Crippen LogP) is 16.7. The maximum absolute atomic E-state index is 6.86. The van der Waals surface area contributed by atoms with Crippen LogP contribution in [0.3, 0.4) is 0 Å². The quantitative estimate of drug-likeness (QED) is 0.145. The van der Waals surface area contributed by atoms with Crippen LogP contribution in [-0.2, 0) is 0 Å². The summed E-state index contributed by atoms with van der Waals surface area (Å²) >= 11 is 0. The number of fused-ring (bicyclic) bond motifs is 4. The van der Waals surface area contributed by atoms with Gasteiger partial charge in [0.1, 0.15) is 11.2 Å². The van der Waals surface area contributed by atoms with E-state index in [1.54, 1.807) is 0 Å². The lowest BCUT2D eigenvalue weighted by atomic mass is 9.99. The summed E-state index contributed by atoms with van der Waals surface area (Å²) in [4.78, 5) is 4.84. The van der Waals surface area contributed by atoms with E-state index >= 15 is 0 Å². The van der Waals surface area contributed by atoms with Gasteiger partial charge in [-0.2, -0.15) is 0 Å². The second-order valence-corrected chi connectivity index (χ2v) is 15.3. The summed E-state index contributed by atoms with van der Waals surface area (Å²) in [6.45, 7) is 0. The number of nitrogens with zero attached hydrogens (tertiary/aromatic N) is 2. The summed E-state index contributed by atoms with van der Waals surface area (Å²) in [6.07, 6.45) is 0. The van der Waals surface area contributed by atoms with Crippen LogP contribution in [0.15, 0.2) is 247 Å². The number of hydrogen-bond donors (Lipinski definition) is 0. The first-order valence-corrected chi connectivity index (χ1v) is 20.8. The van der Waals surface area contributed by atoms with E-state index in [2.05, 4.69) is 252 Å². The lowest BCUT2D eigenvalue weighted by molar-refractivity contribution is 0.669. The van der Waals surface area contributed by atoms with E-state index in [1.807, 2.05) is 0 Å². The van der Waals surface area contributed by atoms with Crippen LogP contribution in [0.5, 0.6) is 0 Å². The van der Waals surface area contributed by atoms with Crippen LogP contribution < -0.4 is 9.80 Å². The fourth-order valence-corrected chi connectivity index (χ4v) is 8.72. The first-order chi connectivity index (χ1) is 30.3. The number of para-hydroxylation sites is 2. The molecule has 0 bridgehead atoms. The molecule has 0 saturated carbocycles. The van der Waals surface area contributed by atoms with Crippen molar-refractivity contribution in [2.75, 3.05) is 9.80 Å². The van der Waals surface area contributed by atoms with Crippen molar-refractivity contribution in [2.45, 2.75) is 0 Å². The first-order valence-electron chi connectivity index (χ1n) is 20.8. The molecule has 1 heterocycles. The van der Waals surface area contributed by atoms with Crippen LogP contribution in [0.2, 0.25) is 0 Å². The van der Waals surface area contributed by atoms with Gasteiger partial charge >= 0.3 is 0 Å². The molecule has 0 N–H and O–H groups in total. The zero-order valence-electron chi connectivity index (χ0n) is 33.4. The summed E-state index contributed by atoms with van der Waals surface area (Å²) in [5, 5.41) is 4.40. The maximum Gasteiger partial charge on any atom is 0.137 e. The molecule has 0 aliphatic carbocycles. The van der Waals surface area contributed by atoms with Crippen molar-refractivity contribution in [3.8, 4) is 33.4 Å². The van der Waals surface area contributed by atoms with Crippen LogP contribution in [0.25, 0.3) is 66.1 Å². The van der Waals surface area contributed by atoms with Crippen LogP contribution in [0, 0.1) is 0 Å². The highest BCUT2D eigenvalue weighted by atomic mass is 16.3. The molecule has 0 aliphatic heterocycles. The third kappa shape index (κ3) is 6.69. The Hall–Kier alpha value is -8.14. The van der Waals surface area contributed by atoms with Gasteiger partial charge in [0.25, 0.3) is 0 Å². The summed E-state index contributed by atoms with van der Waals surface area (Å²) in [5.74, 6) is 0. The molecule has 288 valence electrons. The van der Waals surface area contributed by atoms with Crippen LogP contribution in [-0.4, -0.2) is 0 Å². The molecule has 3 heteroatoms. The molecule has 11 aromatic rings. The van der Waals surface area contributed by atoms with Crippen molar-refractivity contribution in [3.63, 3.8) is 0 Å². The van der Waals surface area contributed by atoms with E-state index in [0.717, 1.165) is 89.1 Å². The monoisotopic (exact) mass is 780 g/mol. The summed E-state index contributed by atoms with van der Waals surface area (Å²) in [6, 6.07) is 86.6. The van der Waals surface area contributed by atoms with E-state index in [9.17, 15) is 0 Å². The Balaban J connectivity index is 1.24. The van der Waals surface area contributed by atoms with Crippen molar-refractivity contribution >= 4 is 66.8 Å². The third-order valence-electron chi connectivity index (χ3n) is 11.6. The lowest BCUT2D eigenvalue weighted by Crippen LogP contribution is -2.18. The highest BCUT2D eigenvalue weighted by Crippen LogP contribution is 2.53. The maximum atomic E-state index is 6.86. The average Bonchev–Trinajstić information content (AvgIpc) is 3.70. The number of anilines is 6. The zero-order chi connectivity index (χ0) is 40.5. The standard InChI is InChI=1S/C58H40N2O/c1-5-17-41(18-6-1)43-29-33-49(34-30-43)59(48-25-11-4-12-26-48)58-54(37-38-55-57(58)52-39-46-23-13-14-24-47(46)40-56(52)61-55)60(50-35-31-44(32-36-50)42-19-7-2-8-20-42)53-28-16-15-27-51(53)45-21-9-3-10-22-45/h1-40H. The van der Waals surface area contributed by atoms with Crippen LogP contribution >= 0.6 is 0 Å². The molecule has 11 rings (SSSR count). The molecular formula is C58H40N2O. The zero-order valence-corrected chi connectivity index (χ0v) is 33.4. The lowest BCUT2D eigenvalue weighted by Gasteiger charge is -2.34. The topological polar surface area (TPSA) is 19.6 Å². The molecule has 0 unspecified atom stereocenters. The molecule has 0 radical (unpaired) electrons. The second-order valence-electron chi connectivity index (χ2n) is 15.3. The van der Waals surface area contributed by atoms with Crippen molar-refractivity contribution in [1.29, 1.82) is 0 Å². The van der Waals surface area contributed by atoms with Crippen molar-refractivity contribution in [2.24, 2.45) is 0 Å². The summed E-state index contributed by atoms with van der Waals surface area (Å²) in [5.41, 5.74) is 14.8. The Morgan fingerprint density at radius 2 is 0.754 bits per heavy atom. The molecule has 0 spiro atoms. The fraction of sp³-hybridized carbons (Fsp3) is 0. The minimum absolute atomic E-state index is 0.821. The molecule has 0 saturated heterocycles. The highest BCUT2D eigenvalue weighted by molar-refractivity contribution is 6.20. The van der Waals surface area contributed by atoms with Crippen LogP contribution in [0.1, 0.15) is 0 Å². The average molecular weight is 781 g/mol. The Morgan fingerprint density at radius 1 is 0.295 bits per heavy atom. The minimum Gasteiger partial charge on any atom is -0.456 e. The van der Waals surface area contributed by atoms with E-state index < -0.39 is 0 Å². The van der Waals surface area contributed by atoms with E-state index in [-0.39, 0.29) is 0 Å². The molecule has 0 aliphatic rings. The number of rotatable bonds is 9. The highest BCUT2D eigenvalue weighted by Gasteiger charge is 2.28. The summed E-state index contributed by atoms with van der Waals surface area (Å²) in [7, 11) is 0. The molecular weight excluding hydrogens is 741 g/mol. The van der Waals surface area contributed by atoms with E-state index in [4.69, 9.17) is 4.42 Å². The van der Waals surface area contributed by atoms with Gasteiger partial charge in [-0.3, -0.25) is 0 Å². The third-order valence-corrected chi connectivity index (χ3v) is 11.6. The van der Waals surface area contributed by atoms with Crippen molar-refractivity contribution in [1.82, 2.24) is 0 Å². The van der Waals surface area contributed by atoms with Gasteiger partial charge in [-0.05, 0) is 105 Å². The van der Waals surface area contributed by atoms with Gasteiger partial charge in [0, 0.05) is 28.0 Å². The molecule has 0 fully saturated rings. The van der Waals surface area contributed by atoms with Gasteiger partial charge < -0.3 is 14.2 Å². The Labute approximate surface area is 355 Å². The largest absolute Gasteiger partial charge is 0.456 e. The van der Waals surface area contributed by atoms with E-state index in [0.29, 0.717) is 0 Å². The van der Waals surface area contributed by atoms with Gasteiger partial charge in [0.2, 0.25) is 0 Å². The normalized spacial score (nSPS) is 11.3. The SMILES string of the molecule is c1ccc(-c2ccc(N(c3ccccc3-c3ccccc3)c3ccc4oc5cc6ccccc6cc5c4c3N(c3ccccc3)c3ccc(-c4ccccc4)cc3)cc2)cc1. The molecule has 0 amide bonds. The van der Waals surface area contributed by atoms with Gasteiger partial charge in [-0.15, -0.1) is 0 Å². The number of hydrogen-bond acceptors (Lipinski definition) is 3. The van der Waals surface area contributed by atoms with Crippen molar-refractivity contribution < 1.29 is 4.42 Å². The molecule has 61 heavy (non-hydrogen) atoms. The molecule has 0 atom stereocenters. The fourth-order valence-electron chi connectivity index (χ4n) is 8.72. The van der Waals surface area contributed by atoms with Gasteiger partial charge in [0.05, 0.1) is 22.4 Å². The minimum atomic E-state index is 0.821.